The van der Waals surface area contributed by atoms with E-state index in [1.165, 1.54) is 12.1 Å². The molecule has 0 saturated carbocycles. The molecule has 1 heterocycles. The van der Waals surface area contributed by atoms with Gasteiger partial charge in [-0.15, -0.1) is 0 Å². The molecular weight excluding hydrogens is 369 g/mol. The number of fused-ring (bicyclic) bond motifs is 1. The van der Waals surface area contributed by atoms with Crippen LogP contribution in [-0.4, -0.2) is 29.2 Å². The standard InChI is InChI=1S/C21H25F3N2O2/c1-4-5-11-28-17-8-6-7-14-12-15(9-10-16(14)17)19(21(22,23)24)26-20(2,3)13-18(27)25-26/h6-10,12,19H,4-5,11,13H2,1-3H3,(H,25,27)/t19-/m0/s1. The summed E-state index contributed by atoms with van der Waals surface area (Å²) in [5, 5.41) is 2.47. The maximum absolute atomic E-state index is 14.0. The van der Waals surface area contributed by atoms with Crippen molar-refractivity contribution in [2.45, 2.75) is 57.8 Å². The number of hydrazine groups is 1. The first-order valence-electron chi connectivity index (χ1n) is 9.44. The summed E-state index contributed by atoms with van der Waals surface area (Å²) in [5.74, 6) is 0.252. The summed E-state index contributed by atoms with van der Waals surface area (Å²) in [6.07, 6.45) is -2.62. The van der Waals surface area contributed by atoms with E-state index in [0.717, 1.165) is 23.2 Å². The molecular formula is C21H25F3N2O2. The zero-order chi connectivity index (χ0) is 20.5. The molecule has 0 aliphatic carbocycles. The van der Waals surface area contributed by atoms with Crippen LogP contribution in [-0.2, 0) is 4.79 Å². The largest absolute Gasteiger partial charge is 0.493 e. The Hall–Kier alpha value is -2.28. The first-order chi connectivity index (χ1) is 13.1. The third-order valence-electron chi connectivity index (χ3n) is 4.99. The second kappa shape index (κ2) is 7.62. The van der Waals surface area contributed by atoms with Gasteiger partial charge in [0.2, 0.25) is 5.91 Å². The summed E-state index contributed by atoms with van der Waals surface area (Å²) in [6.45, 7) is 5.89. The van der Waals surface area contributed by atoms with Gasteiger partial charge in [-0.05, 0) is 43.4 Å². The number of amides is 1. The second-order valence-electron chi connectivity index (χ2n) is 7.78. The molecule has 1 aliphatic heterocycles. The van der Waals surface area contributed by atoms with E-state index in [0.29, 0.717) is 17.7 Å². The van der Waals surface area contributed by atoms with Gasteiger partial charge in [0, 0.05) is 17.3 Å². The minimum atomic E-state index is -4.54. The zero-order valence-electron chi connectivity index (χ0n) is 16.3. The molecule has 1 amide bonds. The van der Waals surface area contributed by atoms with Crippen molar-refractivity contribution in [2.75, 3.05) is 6.61 Å². The Kier molecular flexibility index (Phi) is 5.57. The molecule has 0 radical (unpaired) electrons. The minimum Gasteiger partial charge on any atom is -0.493 e. The molecule has 1 saturated heterocycles. The van der Waals surface area contributed by atoms with E-state index in [1.807, 2.05) is 6.07 Å². The summed E-state index contributed by atoms with van der Waals surface area (Å²) < 4.78 is 47.8. The van der Waals surface area contributed by atoms with Gasteiger partial charge in [0.05, 0.1) is 6.61 Å². The maximum atomic E-state index is 14.0. The van der Waals surface area contributed by atoms with Crippen molar-refractivity contribution < 1.29 is 22.7 Å². The minimum absolute atomic E-state index is 0.0164. The molecule has 3 rings (SSSR count). The van der Waals surface area contributed by atoms with Gasteiger partial charge in [-0.25, -0.2) is 0 Å². The van der Waals surface area contributed by atoms with Crippen LogP contribution in [0.15, 0.2) is 36.4 Å². The highest BCUT2D eigenvalue weighted by atomic mass is 19.4. The number of carbonyl (C=O) groups is 1. The normalized spacial score (nSPS) is 18.3. The van der Waals surface area contributed by atoms with Crippen LogP contribution >= 0.6 is 0 Å². The summed E-state index contributed by atoms with van der Waals surface area (Å²) in [6, 6.07) is 8.10. The van der Waals surface area contributed by atoms with E-state index in [4.69, 9.17) is 4.74 Å². The van der Waals surface area contributed by atoms with Gasteiger partial charge in [0.15, 0.2) is 6.04 Å². The SMILES string of the molecule is CCCCOc1cccc2cc([C@H](N3NC(=O)CC3(C)C)C(F)(F)F)ccc12. The van der Waals surface area contributed by atoms with Crippen LogP contribution < -0.4 is 10.2 Å². The topological polar surface area (TPSA) is 41.6 Å². The molecule has 1 atom stereocenters. The fraction of sp³-hybridized carbons (Fsp3) is 0.476. The Morgan fingerprint density at radius 3 is 2.61 bits per heavy atom. The second-order valence-corrected chi connectivity index (χ2v) is 7.78. The van der Waals surface area contributed by atoms with Crippen LogP contribution in [0.5, 0.6) is 5.75 Å². The number of hydrogen-bond donors (Lipinski definition) is 1. The van der Waals surface area contributed by atoms with Crippen molar-refractivity contribution in [1.82, 2.24) is 10.4 Å². The number of carbonyl (C=O) groups excluding carboxylic acids is 1. The molecule has 1 N–H and O–H groups in total. The summed E-state index contributed by atoms with van der Waals surface area (Å²) in [5.41, 5.74) is 1.53. The smallest absolute Gasteiger partial charge is 0.409 e. The summed E-state index contributed by atoms with van der Waals surface area (Å²) in [7, 11) is 0. The molecule has 0 spiro atoms. The fourth-order valence-corrected chi connectivity index (χ4v) is 3.60. The Labute approximate surface area is 162 Å². The molecule has 0 unspecified atom stereocenters. The first-order valence-corrected chi connectivity index (χ1v) is 9.44. The van der Waals surface area contributed by atoms with Crippen molar-refractivity contribution in [3.05, 3.63) is 42.0 Å². The van der Waals surface area contributed by atoms with Gasteiger partial charge >= 0.3 is 6.18 Å². The Morgan fingerprint density at radius 1 is 1.25 bits per heavy atom. The van der Waals surface area contributed by atoms with Gasteiger partial charge in [0.1, 0.15) is 5.75 Å². The Balaban J connectivity index is 2.01. The number of halogens is 3. The van der Waals surface area contributed by atoms with E-state index in [2.05, 4.69) is 12.3 Å². The van der Waals surface area contributed by atoms with Crippen LogP contribution in [0.3, 0.4) is 0 Å². The van der Waals surface area contributed by atoms with E-state index in [9.17, 15) is 18.0 Å². The van der Waals surface area contributed by atoms with Crippen molar-refractivity contribution in [2.24, 2.45) is 0 Å². The predicted molar refractivity (Wildman–Crippen MR) is 102 cm³/mol. The van der Waals surface area contributed by atoms with Gasteiger partial charge < -0.3 is 4.74 Å². The van der Waals surface area contributed by atoms with Crippen molar-refractivity contribution in [3.8, 4) is 5.75 Å². The van der Waals surface area contributed by atoms with E-state index in [1.54, 1.807) is 32.0 Å². The number of hydrogen-bond acceptors (Lipinski definition) is 3. The molecule has 1 aliphatic rings. The maximum Gasteiger partial charge on any atom is 0.409 e. The van der Waals surface area contributed by atoms with Crippen LogP contribution in [0.4, 0.5) is 13.2 Å². The lowest BCUT2D eigenvalue weighted by molar-refractivity contribution is -0.203. The molecule has 152 valence electrons. The van der Waals surface area contributed by atoms with Gasteiger partial charge in [0.25, 0.3) is 0 Å². The van der Waals surface area contributed by atoms with Crippen LogP contribution in [0, 0.1) is 0 Å². The third kappa shape index (κ3) is 4.09. The number of nitrogens with zero attached hydrogens (tertiary/aromatic N) is 1. The molecule has 2 aromatic carbocycles. The third-order valence-corrected chi connectivity index (χ3v) is 4.99. The highest BCUT2D eigenvalue weighted by molar-refractivity contribution is 5.89. The number of rotatable bonds is 6. The van der Waals surface area contributed by atoms with Crippen LogP contribution in [0.1, 0.15) is 51.6 Å². The average Bonchev–Trinajstić information content (AvgIpc) is 2.86. The number of ether oxygens (including phenoxy) is 1. The van der Waals surface area contributed by atoms with Gasteiger partial charge in [-0.2, -0.15) is 18.2 Å². The summed E-state index contributed by atoms with van der Waals surface area (Å²) in [4.78, 5) is 11.8. The quantitative estimate of drug-likeness (QED) is 0.690. The number of benzene rings is 2. The van der Waals surface area contributed by atoms with Crippen molar-refractivity contribution >= 4 is 16.7 Å². The first kappa shape index (κ1) is 20.5. The lowest BCUT2D eigenvalue weighted by Gasteiger charge is -2.38. The Morgan fingerprint density at radius 2 is 2.00 bits per heavy atom. The van der Waals surface area contributed by atoms with Crippen molar-refractivity contribution in [1.29, 1.82) is 0 Å². The monoisotopic (exact) mass is 394 g/mol. The Bertz CT molecular complexity index is 864. The number of nitrogens with one attached hydrogen (secondary N) is 1. The van der Waals surface area contributed by atoms with Crippen LogP contribution in [0.2, 0.25) is 0 Å². The van der Waals surface area contributed by atoms with Gasteiger partial charge in [-0.1, -0.05) is 37.6 Å². The van der Waals surface area contributed by atoms with E-state index < -0.39 is 23.7 Å². The van der Waals surface area contributed by atoms with Crippen molar-refractivity contribution in [3.63, 3.8) is 0 Å². The zero-order valence-corrected chi connectivity index (χ0v) is 16.3. The molecule has 0 bridgehead atoms. The average molecular weight is 394 g/mol. The molecule has 2 aromatic rings. The molecule has 7 heteroatoms. The van der Waals surface area contributed by atoms with Crippen LogP contribution in [0.25, 0.3) is 10.8 Å². The number of unbranched alkanes of at least 4 members (excludes halogenated alkanes) is 1. The highest BCUT2D eigenvalue weighted by Gasteiger charge is 2.52. The van der Waals surface area contributed by atoms with E-state index >= 15 is 0 Å². The lowest BCUT2D eigenvalue weighted by Crippen LogP contribution is -2.51. The fourth-order valence-electron chi connectivity index (χ4n) is 3.60. The summed E-state index contributed by atoms with van der Waals surface area (Å²) >= 11 is 0. The van der Waals surface area contributed by atoms with Gasteiger partial charge in [-0.3, -0.25) is 10.2 Å². The molecule has 4 nitrogen and oxygen atoms in total. The molecule has 1 fully saturated rings. The molecule has 28 heavy (non-hydrogen) atoms. The highest BCUT2D eigenvalue weighted by Crippen LogP contribution is 2.43. The van der Waals surface area contributed by atoms with E-state index in [-0.39, 0.29) is 12.0 Å². The number of alkyl halides is 3. The molecule has 0 aromatic heterocycles. The predicted octanol–water partition coefficient (Wildman–Crippen LogP) is 5.14. The lowest BCUT2D eigenvalue weighted by atomic mass is 9.95.